The highest BCUT2D eigenvalue weighted by molar-refractivity contribution is 5.95. The molecule has 0 aliphatic carbocycles. The molecular formula is C27H29F6N7O3. The highest BCUT2D eigenvalue weighted by atomic mass is 19.4. The molecule has 5 heterocycles. The molecule has 0 aromatic carbocycles. The number of amides is 1. The number of rotatable bonds is 3. The minimum Gasteiger partial charge on any atom is -0.416 e. The van der Waals surface area contributed by atoms with E-state index >= 15 is 0 Å². The molecule has 0 saturated carbocycles. The molecule has 3 aromatic heterocycles. The van der Waals surface area contributed by atoms with E-state index in [0.29, 0.717) is 17.6 Å². The van der Waals surface area contributed by atoms with Crippen LogP contribution in [0.3, 0.4) is 0 Å². The fourth-order valence-corrected chi connectivity index (χ4v) is 5.25. The van der Waals surface area contributed by atoms with Crippen LogP contribution in [0.1, 0.15) is 72.6 Å². The van der Waals surface area contributed by atoms with Crippen LogP contribution in [0, 0.1) is 0 Å². The second-order valence-corrected chi connectivity index (χ2v) is 10.7. The van der Waals surface area contributed by atoms with Crippen molar-refractivity contribution in [2.75, 3.05) is 30.3 Å². The van der Waals surface area contributed by atoms with Gasteiger partial charge in [-0.15, -0.1) is 10.2 Å². The number of fused-ring (bicyclic) bond motifs is 5. The Morgan fingerprint density at radius 3 is 2.33 bits per heavy atom. The molecule has 1 atom stereocenters. The smallest absolute Gasteiger partial charge is 0.416 e. The number of carbonyl (C=O) groups is 1. The van der Waals surface area contributed by atoms with Crippen LogP contribution in [-0.4, -0.2) is 61.9 Å². The summed E-state index contributed by atoms with van der Waals surface area (Å²) in [6.45, 7) is 1.30. The molecule has 1 saturated heterocycles. The number of hydrogen-bond donors (Lipinski definition) is 2. The van der Waals surface area contributed by atoms with Crippen molar-refractivity contribution >= 4 is 17.4 Å². The third kappa shape index (κ3) is 6.24. The molecule has 2 aliphatic rings. The molecule has 3 N–H and O–H groups in total. The highest BCUT2D eigenvalue weighted by Crippen LogP contribution is 2.43. The van der Waals surface area contributed by atoms with E-state index in [-0.39, 0.29) is 32.4 Å². The van der Waals surface area contributed by atoms with Crippen LogP contribution in [0.15, 0.2) is 28.7 Å². The number of nitrogens with zero attached hydrogens (tertiary/aromatic N) is 6. The van der Waals surface area contributed by atoms with E-state index in [9.17, 15) is 36.2 Å². The van der Waals surface area contributed by atoms with Gasteiger partial charge in [0.15, 0.2) is 5.69 Å². The summed E-state index contributed by atoms with van der Waals surface area (Å²) in [5, 5.41) is 17.4. The molecule has 43 heavy (non-hydrogen) atoms. The lowest BCUT2D eigenvalue weighted by molar-refractivity contribution is -0.277. The van der Waals surface area contributed by atoms with Gasteiger partial charge in [-0.1, -0.05) is 12.5 Å². The Morgan fingerprint density at radius 2 is 1.63 bits per heavy atom. The Balaban J connectivity index is 1.57. The molecule has 1 amide bonds. The van der Waals surface area contributed by atoms with E-state index in [0.717, 1.165) is 37.3 Å². The predicted octanol–water partition coefficient (Wildman–Crippen LogP) is 5.08. The van der Waals surface area contributed by atoms with Crippen LogP contribution >= 0.6 is 0 Å². The maximum absolute atomic E-state index is 14.1. The van der Waals surface area contributed by atoms with Crippen molar-refractivity contribution < 1.29 is 40.7 Å². The monoisotopic (exact) mass is 613 g/mol. The zero-order valence-corrected chi connectivity index (χ0v) is 22.9. The first-order valence-corrected chi connectivity index (χ1v) is 13.8. The quantitative estimate of drug-likeness (QED) is 0.388. The van der Waals surface area contributed by atoms with Crippen molar-refractivity contribution in [2.45, 2.75) is 69.4 Å². The minimum atomic E-state index is -5.20. The SMILES string of the molecule is Nc1cc(C(F)(F)F)c2nc1-c1nnc(o1)[C@@](O)(C(F)(F)F)CCCCCN(Cc1cccc(N3CCCCC3)n1)C2=O. The Morgan fingerprint density at radius 1 is 0.930 bits per heavy atom. The van der Waals surface area contributed by atoms with Gasteiger partial charge < -0.3 is 25.1 Å². The molecule has 232 valence electrons. The third-order valence-corrected chi connectivity index (χ3v) is 7.59. The van der Waals surface area contributed by atoms with Gasteiger partial charge in [-0.3, -0.25) is 4.79 Å². The van der Waals surface area contributed by atoms with E-state index < -0.39 is 64.7 Å². The maximum atomic E-state index is 14.1. The summed E-state index contributed by atoms with van der Waals surface area (Å²) in [4.78, 5) is 25.4. The summed E-state index contributed by atoms with van der Waals surface area (Å²) in [7, 11) is 0. The lowest BCUT2D eigenvalue weighted by atomic mass is 9.95. The Labute approximate surface area is 241 Å². The molecule has 2 aliphatic heterocycles. The van der Waals surface area contributed by atoms with Gasteiger partial charge in [0.25, 0.3) is 17.7 Å². The average Bonchev–Trinajstić information content (AvgIpc) is 3.45. The first-order chi connectivity index (χ1) is 20.3. The molecule has 5 rings (SSSR count). The van der Waals surface area contributed by atoms with Gasteiger partial charge in [0.05, 0.1) is 23.5 Å². The fourth-order valence-electron chi connectivity index (χ4n) is 5.25. The maximum Gasteiger partial charge on any atom is 0.426 e. The number of aromatic nitrogens is 4. The number of nitrogens with two attached hydrogens (primary N) is 1. The number of pyridine rings is 2. The number of hydrogen-bond acceptors (Lipinski definition) is 9. The van der Waals surface area contributed by atoms with Crippen molar-refractivity contribution in [1.82, 2.24) is 25.1 Å². The van der Waals surface area contributed by atoms with Gasteiger partial charge in [0, 0.05) is 19.6 Å². The molecule has 0 unspecified atom stereocenters. The van der Waals surface area contributed by atoms with Crippen LogP contribution in [-0.2, 0) is 18.3 Å². The summed E-state index contributed by atoms with van der Waals surface area (Å²) >= 11 is 0. The zero-order chi connectivity index (χ0) is 31.0. The normalized spacial score (nSPS) is 20.7. The van der Waals surface area contributed by atoms with E-state index in [2.05, 4.69) is 25.1 Å². The van der Waals surface area contributed by atoms with Crippen molar-refractivity contribution in [3.05, 3.63) is 47.1 Å². The van der Waals surface area contributed by atoms with Crippen LogP contribution in [0.25, 0.3) is 11.6 Å². The largest absolute Gasteiger partial charge is 0.426 e. The van der Waals surface area contributed by atoms with Gasteiger partial charge in [-0.2, -0.15) is 26.3 Å². The Kier molecular flexibility index (Phi) is 8.24. The second-order valence-electron chi connectivity index (χ2n) is 10.7. The van der Waals surface area contributed by atoms with Crippen LogP contribution in [0.2, 0.25) is 0 Å². The number of nitrogen functional groups attached to an aromatic ring is 1. The predicted molar refractivity (Wildman–Crippen MR) is 140 cm³/mol. The molecule has 10 nitrogen and oxygen atoms in total. The van der Waals surface area contributed by atoms with Crippen molar-refractivity contribution in [3.63, 3.8) is 0 Å². The summed E-state index contributed by atoms with van der Waals surface area (Å²) in [6, 6.07) is 5.65. The summed E-state index contributed by atoms with van der Waals surface area (Å²) < 4.78 is 89.4. The Bertz CT molecular complexity index is 1470. The first kappa shape index (κ1) is 30.5. The first-order valence-electron chi connectivity index (χ1n) is 13.8. The van der Waals surface area contributed by atoms with Gasteiger partial charge in [0.2, 0.25) is 5.60 Å². The molecule has 16 heteroatoms. The molecule has 4 bridgehead atoms. The van der Waals surface area contributed by atoms with E-state index in [1.54, 1.807) is 12.1 Å². The van der Waals surface area contributed by atoms with Crippen molar-refractivity contribution in [2.24, 2.45) is 0 Å². The average molecular weight is 614 g/mol. The number of anilines is 2. The van der Waals surface area contributed by atoms with E-state index in [4.69, 9.17) is 10.2 Å². The van der Waals surface area contributed by atoms with E-state index in [1.807, 2.05) is 6.07 Å². The molecule has 0 spiro atoms. The number of alkyl halides is 6. The lowest BCUT2D eigenvalue weighted by Gasteiger charge is -2.29. The zero-order valence-electron chi connectivity index (χ0n) is 22.9. The van der Waals surface area contributed by atoms with Crippen LogP contribution in [0.5, 0.6) is 0 Å². The fraction of sp³-hybridized carbons (Fsp3) is 0.519. The number of halogens is 6. The Hall–Kier alpha value is -3.95. The van der Waals surface area contributed by atoms with Crippen molar-refractivity contribution in [1.29, 1.82) is 0 Å². The summed E-state index contributed by atoms with van der Waals surface area (Å²) in [5.74, 6) is -2.39. The second kappa shape index (κ2) is 11.6. The number of piperidine rings is 1. The number of carbonyl (C=O) groups excluding carboxylic acids is 1. The lowest BCUT2D eigenvalue weighted by Crippen LogP contribution is -2.42. The topological polar surface area (TPSA) is 134 Å². The third-order valence-electron chi connectivity index (χ3n) is 7.59. The molecule has 0 radical (unpaired) electrons. The minimum absolute atomic E-state index is 0.0942. The molecular weight excluding hydrogens is 584 g/mol. The number of aliphatic hydroxyl groups is 1. The highest BCUT2D eigenvalue weighted by Gasteiger charge is 2.58. The molecule has 3 aromatic rings. The van der Waals surface area contributed by atoms with Gasteiger partial charge in [-0.25, -0.2) is 9.97 Å². The summed E-state index contributed by atoms with van der Waals surface area (Å²) in [6.07, 6.45) is -7.96. The van der Waals surface area contributed by atoms with Crippen LogP contribution < -0.4 is 10.6 Å². The van der Waals surface area contributed by atoms with Gasteiger partial charge >= 0.3 is 12.4 Å². The van der Waals surface area contributed by atoms with Gasteiger partial charge in [-0.05, 0) is 56.7 Å². The van der Waals surface area contributed by atoms with Crippen LogP contribution in [0.4, 0.5) is 37.8 Å². The van der Waals surface area contributed by atoms with Crippen molar-refractivity contribution in [3.8, 4) is 11.6 Å². The van der Waals surface area contributed by atoms with E-state index in [1.165, 1.54) is 0 Å². The molecule has 1 fully saturated rings. The van der Waals surface area contributed by atoms with Gasteiger partial charge in [0.1, 0.15) is 11.5 Å². The summed E-state index contributed by atoms with van der Waals surface area (Å²) in [5.41, 5.74) is -1.06. The standard InChI is InChI=1S/C27H29F6N7O3/c28-26(29,30)17-14-18(34)21-22-37-38-24(43-22)25(42,27(31,32)33)10-3-1-4-13-40(23(41)20(17)36-21)15-16-8-7-9-19(35-16)39-11-5-2-6-12-39/h7-9,14,42H,1-6,10-13,15,34H2/t25-/m1/s1.